The van der Waals surface area contributed by atoms with E-state index in [-0.39, 0.29) is 5.97 Å². The number of nitrogens with zero attached hydrogens (tertiary/aromatic N) is 2. The van der Waals surface area contributed by atoms with Crippen molar-refractivity contribution in [2.24, 2.45) is 0 Å². The van der Waals surface area contributed by atoms with Crippen molar-refractivity contribution < 1.29 is 9.53 Å². The van der Waals surface area contributed by atoms with Crippen LogP contribution in [0.5, 0.6) is 0 Å². The Bertz CT molecular complexity index is 281. The summed E-state index contributed by atoms with van der Waals surface area (Å²) < 4.78 is 6.30. The number of carbonyl (C=O) groups excluding carboxylic acids is 1. The van der Waals surface area contributed by atoms with Crippen LogP contribution in [0.2, 0.25) is 0 Å². The monoisotopic (exact) mass is 182 g/mol. The van der Waals surface area contributed by atoms with Gasteiger partial charge in [-0.2, -0.15) is 5.10 Å². The minimum absolute atomic E-state index is 0.374. The van der Waals surface area contributed by atoms with Gasteiger partial charge < -0.3 is 4.74 Å². The molecule has 72 valence electrons. The number of aromatic nitrogens is 2. The molecule has 4 heteroatoms. The Morgan fingerprint density at radius 3 is 3.08 bits per heavy atom. The Hall–Kier alpha value is -1.32. The fourth-order valence-corrected chi connectivity index (χ4v) is 1.02. The number of esters is 1. The number of ether oxygens (including phenoxy) is 1. The maximum Gasteiger partial charge on any atom is 0.358 e. The maximum absolute atomic E-state index is 11.0. The lowest BCUT2D eigenvalue weighted by Crippen LogP contribution is -2.05. The van der Waals surface area contributed by atoms with E-state index in [9.17, 15) is 4.79 Å². The normalized spacial score (nSPS) is 10.0. The van der Waals surface area contributed by atoms with Gasteiger partial charge in [-0.3, -0.25) is 4.68 Å². The molecule has 1 aromatic heterocycles. The van der Waals surface area contributed by atoms with Gasteiger partial charge in [0, 0.05) is 12.7 Å². The van der Waals surface area contributed by atoms with Crippen LogP contribution in [0.4, 0.5) is 0 Å². The number of rotatable bonds is 4. The largest absolute Gasteiger partial charge is 0.464 e. The highest BCUT2D eigenvalue weighted by molar-refractivity contribution is 5.86. The molecule has 0 saturated carbocycles. The van der Waals surface area contributed by atoms with Crippen LogP contribution in [0, 0.1) is 0 Å². The summed E-state index contributed by atoms with van der Waals surface area (Å²) in [7, 11) is 1.35. The van der Waals surface area contributed by atoms with Gasteiger partial charge in [-0.05, 0) is 12.5 Å². The van der Waals surface area contributed by atoms with Gasteiger partial charge in [0.25, 0.3) is 0 Å². The Morgan fingerprint density at radius 2 is 2.46 bits per heavy atom. The van der Waals surface area contributed by atoms with Crippen molar-refractivity contribution >= 4 is 5.97 Å². The average molecular weight is 182 g/mol. The van der Waals surface area contributed by atoms with Crippen molar-refractivity contribution in [2.45, 2.75) is 26.3 Å². The first-order valence-corrected chi connectivity index (χ1v) is 4.39. The van der Waals surface area contributed by atoms with Crippen LogP contribution >= 0.6 is 0 Å². The van der Waals surface area contributed by atoms with Crippen molar-refractivity contribution in [1.29, 1.82) is 0 Å². The zero-order valence-corrected chi connectivity index (χ0v) is 7.99. The standard InChI is InChI=1S/C9H14N2O2/c1-3-4-6-11-7-5-8(10-11)9(12)13-2/h5,7H,3-4,6H2,1-2H3. The fraction of sp³-hybridized carbons (Fsp3) is 0.556. The van der Waals surface area contributed by atoms with E-state index in [2.05, 4.69) is 16.8 Å². The molecule has 0 unspecified atom stereocenters. The zero-order valence-electron chi connectivity index (χ0n) is 7.99. The highest BCUT2D eigenvalue weighted by atomic mass is 16.5. The second-order valence-corrected chi connectivity index (χ2v) is 2.81. The number of hydrogen-bond acceptors (Lipinski definition) is 3. The van der Waals surface area contributed by atoms with Gasteiger partial charge >= 0.3 is 5.97 Å². The molecule has 1 aromatic rings. The van der Waals surface area contributed by atoms with Crippen LogP contribution in [-0.4, -0.2) is 22.9 Å². The Balaban J connectivity index is 2.58. The van der Waals surface area contributed by atoms with Crippen LogP contribution < -0.4 is 0 Å². The van der Waals surface area contributed by atoms with Gasteiger partial charge in [-0.1, -0.05) is 13.3 Å². The first kappa shape index (κ1) is 9.77. The SMILES string of the molecule is CCCCn1ccc(C(=O)OC)n1. The third-order valence-electron chi connectivity index (χ3n) is 1.78. The van der Waals surface area contributed by atoms with Gasteiger partial charge in [0.2, 0.25) is 0 Å². The molecule has 0 amide bonds. The summed E-state index contributed by atoms with van der Waals surface area (Å²) in [5, 5.41) is 4.06. The van der Waals surface area contributed by atoms with Crippen molar-refractivity contribution in [2.75, 3.05) is 7.11 Å². The molecular formula is C9H14N2O2. The molecule has 0 atom stereocenters. The summed E-state index contributed by atoms with van der Waals surface area (Å²) >= 11 is 0. The van der Waals surface area contributed by atoms with Gasteiger partial charge in [0.15, 0.2) is 5.69 Å². The van der Waals surface area contributed by atoms with Gasteiger partial charge in [0.05, 0.1) is 7.11 Å². The van der Waals surface area contributed by atoms with E-state index in [1.54, 1.807) is 16.9 Å². The lowest BCUT2D eigenvalue weighted by molar-refractivity contribution is 0.0593. The van der Waals surface area contributed by atoms with Crippen molar-refractivity contribution in [3.8, 4) is 0 Å². The van der Waals surface area contributed by atoms with E-state index in [0.29, 0.717) is 5.69 Å². The minimum atomic E-state index is -0.379. The Labute approximate surface area is 77.5 Å². The van der Waals surface area contributed by atoms with Crippen molar-refractivity contribution in [3.05, 3.63) is 18.0 Å². The number of methoxy groups -OCH3 is 1. The minimum Gasteiger partial charge on any atom is -0.464 e. The zero-order chi connectivity index (χ0) is 9.68. The smallest absolute Gasteiger partial charge is 0.358 e. The number of aryl methyl sites for hydroxylation is 1. The second kappa shape index (κ2) is 4.64. The molecule has 0 aliphatic rings. The molecule has 1 heterocycles. The van der Waals surface area contributed by atoms with Crippen molar-refractivity contribution in [1.82, 2.24) is 9.78 Å². The van der Waals surface area contributed by atoms with Crippen LogP contribution in [0.15, 0.2) is 12.3 Å². The van der Waals surface area contributed by atoms with Gasteiger partial charge in [-0.25, -0.2) is 4.79 Å². The molecule has 0 N–H and O–H groups in total. The highest BCUT2D eigenvalue weighted by Gasteiger charge is 2.07. The molecule has 0 aromatic carbocycles. The molecule has 13 heavy (non-hydrogen) atoms. The lowest BCUT2D eigenvalue weighted by Gasteiger charge is -1.97. The first-order chi connectivity index (χ1) is 6.27. The summed E-state index contributed by atoms with van der Waals surface area (Å²) in [5.74, 6) is -0.379. The maximum atomic E-state index is 11.0. The third-order valence-corrected chi connectivity index (χ3v) is 1.78. The van der Waals surface area contributed by atoms with Gasteiger partial charge in [0.1, 0.15) is 0 Å². The number of carbonyl (C=O) groups is 1. The van der Waals surface area contributed by atoms with E-state index < -0.39 is 0 Å². The lowest BCUT2D eigenvalue weighted by atomic mass is 10.3. The molecule has 0 radical (unpaired) electrons. The predicted molar refractivity (Wildman–Crippen MR) is 48.5 cm³/mol. The van der Waals surface area contributed by atoms with E-state index in [4.69, 9.17) is 0 Å². The molecule has 1 rings (SSSR count). The van der Waals surface area contributed by atoms with E-state index in [1.165, 1.54) is 7.11 Å². The predicted octanol–water partition coefficient (Wildman–Crippen LogP) is 1.47. The van der Waals surface area contributed by atoms with E-state index in [1.807, 2.05) is 0 Å². The molecule has 0 aliphatic heterocycles. The molecule has 0 bridgehead atoms. The summed E-state index contributed by atoms with van der Waals surface area (Å²) in [6, 6.07) is 1.67. The van der Waals surface area contributed by atoms with Crippen LogP contribution in [0.1, 0.15) is 30.3 Å². The molecular weight excluding hydrogens is 168 g/mol. The molecule has 0 fully saturated rings. The molecule has 4 nitrogen and oxygen atoms in total. The van der Waals surface area contributed by atoms with Crippen LogP contribution in [0.3, 0.4) is 0 Å². The summed E-state index contributed by atoms with van der Waals surface area (Å²) in [6.07, 6.45) is 3.98. The third kappa shape index (κ3) is 2.57. The number of hydrogen-bond donors (Lipinski definition) is 0. The fourth-order valence-electron chi connectivity index (χ4n) is 1.02. The van der Waals surface area contributed by atoms with Crippen LogP contribution in [0.25, 0.3) is 0 Å². The van der Waals surface area contributed by atoms with Gasteiger partial charge in [-0.15, -0.1) is 0 Å². The second-order valence-electron chi connectivity index (χ2n) is 2.81. The quantitative estimate of drug-likeness (QED) is 0.662. The molecule has 0 spiro atoms. The van der Waals surface area contributed by atoms with Crippen LogP contribution in [-0.2, 0) is 11.3 Å². The number of unbranched alkanes of at least 4 members (excludes halogenated alkanes) is 1. The highest BCUT2D eigenvalue weighted by Crippen LogP contribution is 1.99. The topological polar surface area (TPSA) is 44.1 Å². The average Bonchev–Trinajstić information content (AvgIpc) is 2.62. The summed E-state index contributed by atoms with van der Waals surface area (Å²) in [5.41, 5.74) is 0.374. The molecule has 0 saturated heterocycles. The van der Waals surface area contributed by atoms with E-state index in [0.717, 1.165) is 19.4 Å². The summed E-state index contributed by atoms with van der Waals surface area (Å²) in [6.45, 7) is 2.97. The van der Waals surface area contributed by atoms with Crippen molar-refractivity contribution in [3.63, 3.8) is 0 Å². The first-order valence-electron chi connectivity index (χ1n) is 4.39. The summed E-state index contributed by atoms with van der Waals surface area (Å²) in [4.78, 5) is 11.0. The Kier molecular flexibility index (Phi) is 3.49. The van der Waals surface area contributed by atoms with E-state index >= 15 is 0 Å². The Morgan fingerprint density at radius 1 is 1.69 bits per heavy atom. The molecule has 0 aliphatic carbocycles.